The molecule has 0 radical (unpaired) electrons. The summed E-state index contributed by atoms with van der Waals surface area (Å²) >= 11 is 0. The highest BCUT2D eigenvalue weighted by molar-refractivity contribution is 5.91. The zero-order valence-electron chi connectivity index (χ0n) is 13.7. The van der Waals surface area contributed by atoms with Crippen LogP contribution < -0.4 is 0 Å². The van der Waals surface area contributed by atoms with Crippen LogP contribution in [0.4, 0.5) is 0 Å². The molecule has 0 N–H and O–H groups in total. The minimum atomic E-state index is -0.173. The maximum atomic E-state index is 13.0. The minimum Gasteiger partial charge on any atom is -0.467 e. The molecule has 2 atom stereocenters. The average Bonchev–Trinajstić information content (AvgIpc) is 3.24. The second kappa shape index (κ2) is 5.74. The Balaban J connectivity index is 1.69. The van der Waals surface area contributed by atoms with E-state index in [2.05, 4.69) is 22.0 Å². The SMILES string of the molecule is Cc1ccnc2nc(C(=O)N3CC[C@@H](C)C[C@H]3c3ccco3)nn12. The van der Waals surface area contributed by atoms with Gasteiger partial charge in [-0.2, -0.15) is 4.98 Å². The zero-order valence-corrected chi connectivity index (χ0v) is 13.7. The second-order valence-corrected chi connectivity index (χ2v) is 6.39. The Labute approximate surface area is 139 Å². The summed E-state index contributed by atoms with van der Waals surface area (Å²) in [5.41, 5.74) is 0.890. The molecule has 24 heavy (non-hydrogen) atoms. The van der Waals surface area contributed by atoms with Crippen molar-refractivity contribution in [2.24, 2.45) is 5.92 Å². The predicted molar refractivity (Wildman–Crippen MR) is 86.4 cm³/mol. The lowest BCUT2D eigenvalue weighted by atomic mass is 9.91. The van der Waals surface area contributed by atoms with Crippen molar-refractivity contribution in [1.82, 2.24) is 24.5 Å². The number of nitrogens with zero attached hydrogens (tertiary/aromatic N) is 5. The Bertz CT molecular complexity index is 870. The molecular formula is C17H19N5O2. The molecular weight excluding hydrogens is 306 g/mol. The Hall–Kier alpha value is -2.70. The molecule has 124 valence electrons. The van der Waals surface area contributed by atoms with Crippen molar-refractivity contribution in [3.05, 3.63) is 47.9 Å². The van der Waals surface area contributed by atoms with E-state index in [1.54, 1.807) is 17.0 Å². The van der Waals surface area contributed by atoms with Crippen LogP contribution in [0.1, 0.15) is 47.9 Å². The Morgan fingerprint density at radius 2 is 2.25 bits per heavy atom. The summed E-state index contributed by atoms with van der Waals surface area (Å²) in [4.78, 5) is 23.3. The van der Waals surface area contributed by atoms with E-state index >= 15 is 0 Å². The summed E-state index contributed by atoms with van der Waals surface area (Å²) < 4.78 is 7.16. The molecule has 0 aromatic carbocycles. The number of rotatable bonds is 2. The number of likely N-dealkylation sites (tertiary alicyclic amines) is 1. The van der Waals surface area contributed by atoms with Crippen LogP contribution in [0.2, 0.25) is 0 Å². The fraction of sp³-hybridized carbons (Fsp3) is 0.412. The van der Waals surface area contributed by atoms with Crippen LogP contribution in [0, 0.1) is 12.8 Å². The van der Waals surface area contributed by atoms with E-state index in [-0.39, 0.29) is 17.8 Å². The van der Waals surface area contributed by atoms with E-state index < -0.39 is 0 Å². The molecule has 1 saturated heterocycles. The van der Waals surface area contributed by atoms with Crippen molar-refractivity contribution in [1.29, 1.82) is 0 Å². The van der Waals surface area contributed by atoms with Gasteiger partial charge in [0.05, 0.1) is 12.3 Å². The normalized spacial score (nSPS) is 21.3. The Kier molecular flexibility index (Phi) is 3.55. The number of carbonyl (C=O) groups is 1. The molecule has 4 heterocycles. The lowest BCUT2D eigenvalue weighted by Crippen LogP contribution is -2.41. The third-order valence-corrected chi connectivity index (χ3v) is 4.62. The van der Waals surface area contributed by atoms with Gasteiger partial charge < -0.3 is 9.32 Å². The molecule has 1 fully saturated rings. The van der Waals surface area contributed by atoms with Crippen molar-refractivity contribution in [3.8, 4) is 0 Å². The highest BCUT2D eigenvalue weighted by atomic mass is 16.3. The highest BCUT2D eigenvalue weighted by Crippen LogP contribution is 2.34. The van der Waals surface area contributed by atoms with E-state index in [0.717, 1.165) is 24.3 Å². The van der Waals surface area contributed by atoms with Gasteiger partial charge >= 0.3 is 0 Å². The van der Waals surface area contributed by atoms with E-state index in [4.69, 9.17) is 4.42 Å². The minimum absolute atomic E-state index is 0.0723. The lowest BCUT2D eigenvalue weighted by molar-refractivity contribution is 0.0509. The van der Waals surface area contributed by atoms with Gasteiger partial charge in [-0.1, -0.05) is 6.92 Å². The van der Waals surface area contributed by atoms with E-state index in [1.807, 2.05) is 30.0 Å². The first-order valence-electron chi connectivity index (χ1n) is 8.16. The van der Waals surface area contributed by atoms with Crippen molar-refractivity contribution in [2.75, 3.05) is 6.54 Å². The van der Waals surface area contributed by atoms with Crippen LogP contribution in [0.25, 0.3) is 5.78 Å². The monoisotopic (exact) mass is 325 g/mol. The van der Waals surface area contributed by atoms with Gasteiger partial charge in [0.1, 0.15) is 5.76 Å². The van der Waals surface area contributed by atoms with Crippen LogP contribution in [0.3, 0.4) is 0 Å². The first-order valence-corrected chi connectivity index (χ1v) is 8.16. The number of hydrogen-bond donors (Lipinski definition) is 0. The van der Waals surface area contributed by atoms with Crippen LogP contribution in [-0.2, 0) is 0 Å². The molecule has 0 aliphatic carbocycles. The zero-order chi connectivity index (χ0) is 16.7. The highest BCUT2D eigenvalue weighted by Gasteiger charge is 2.34. The first-order chi connectivity index (χ1) is 11.6. The molecule has 0 saturated carbocycles. The molecule has 3 aromatic heterocycles. The maximum absolute atomic E-state index is 13.0. The third-order valence-electron chi connectivity index (χ3n) is 4.62. The first kappa shape index (κ1) is 14.9. The van der Waals surface area contributed by atoms with Gasteiger partial charge in [-0.05, 0) is 43.9 Å². The number of furan rings is 1. The van der Waals surface area contributed by atoms with E-state index in [9.17, 15) is 4.79 Å². The summed E-state index contributed by atoms with van der Waals surface area (Å²) in [6.07, 6.45) is 5.16. The third kappa shape index (κ3) is 2.46. The molecule has 4 rings (SSSR count). The standard InChI is InChI=1S/C17H19N5O2/c1-11-6-8-21(13(10-11)14-4-3-9-24-14)16(23)15-19-17-18-7-5-12(2)22(17)20-15/h3-5,7,9,11,13H,6,8,10H2,1-2H3/t11-,13+/m1/s1. The fourth-order valence-corrected chi connectivity index (χ4v) is 3.26. The molecule has 7 nitrogen and oxygen atoms in total. The molecule has 0 spiro atoms. The van der Waals surface area contributed by atoms with Gasteiger partial charge in [-0.25, -0.2) is 9.50 Å². The van der Waals surface area contributed by atoms with Crippen LogP contribution in [0.15, 0.2) is 35.1 Å². The average molecular weight is 325 g/mol. The molecule has 1 aliphatic heterocycles. The van der Waals surface area contributed by atoms with Gasteiger partial charge in [0.15, 0.2) is 0 Å². The summed E-state index contributed by atoms with van der Waals surface area (Å²) in [7, 11) is 0. The van der Waals surface area contributed by atoms with Crippen molar-refractivity contribution >= 4 is 11.7 Å². The smallest absolute Gasteiger partial charge is 0.294 e. The van der Waals surface area contributed by atoms with Crippen LogP contribution in [-0.4, -0.2) is 36.9 Å². The number of carbonyl (C=O) groups excluding carboxylic acids is 1. The fourth-order valence-electron chi connectivity index (χ4n) is 3.26. The summed E-state index contributed by atoms with van der Waals surface area (Å²) in [6, 6.07) is 5.54. The number of aryl methyl sites for hydroxylation is 1. The molecule has 0 bridgehead atoms. The summed E-state index contributed by atoms with van der Waals surface area (Å²) in [6.45, 7) is 4.79. The number of fused-ring (bicyclic) bond motifs is 1. The van der Waals surface area contributed by atoms with Crippen molar-refractivity contribution in [2.45, 2.75) is 32.7 Å². The molecule has 1 amide bonds. The van der Waals surface area contributed by atoms with Gasteiger partial charge in [0.25, 0.3) is 11.7 Å². The van der Waals surface area contributed by atoms with E-state index in [0.29, 0.717) is 18.2 Å². The predicted octanol–water partition coefficient (Wildman–Crippen LogP) is 2.64. The number of hydrogen-bond acceptors (Lipinski definition) is 5. The van der Waals surface area contributed by atoms with Gasteiger partial charge in [-0.15, -0.1) is 5.10 Å². The number of amides is 1. The van der Waals surface area contributed by atoms with Crippen molar-refractivity contribution in [3.63, 3.8) is 0 Å². The molecule has 0 unspecified atom stereocenters. The Morgan fingerprint density at radius 3 is 3.00 bits per heavy atom. The van der Waals surface area contributed by atoms with E-state index in [1.165, 1.54) is 0 Å². The summed E-state index contributed by atoms with van der Waals surface area (Å²) in [5.74, 6) is 1.81. The van der Waals surface area contributed by atoms with Gasteiger partial charge in [0.2, 0.25) is 5.82 Å². The van der Waals surface area contributed by atoms with Crippen LogP contribution in [0.5, 0.6) is 0 Å². The molecule has 3 aromatic rings. The summed E-state index contributed by atoms with van der Waals surface area (Å²) in [5, 5.41) is 4.34. The molecule has 7 heteroatoms. The largest absolute Gasteiger partial charge is 0.467 e. The Morgan fingerprint density at radius 1 is 1.38 bits per heavy atom. The van der Waals surface area contributed by atoms with Gasteiger partial charge in [0, 0.05) is 18.4 Å². The molecule has 1 aliphatic rings. The topological polar surface area (TPSA) is 76.5 Å². The van der Waals surface area contributed by atoms with Gasteiger partial charge in [-0.3, -0.25) is 4.79 Å². The quantitative estimate of drug-likeness (QED) is 0.724. The number of aromatic nitrogens is 4. The maximum Gasteiger partial charge on any atom is 0.294 e. The number of piperidine rings is 1. The second-order valence-electron chi connectivity index (χ2n) is 6.39. The van der Waals surface area contributed by atoms with Crippen LogP contribution >= 0.6 is 0 Å². The lowest BCUT2D eigenvalue weighted by Gasteiger charge is -2.36. The van der Waals surface area contributed by atoms with Crippen molar-refractivity contribution < 1.29 is 9.21 Å².